The number of aliphatic hydroxyl groups is 1. The van der Waals surface area contributed by atoms with Crippen molar-refractivity contribution < 1.29 is 5.11 Å². The molecular formula is C8H13ClO. The summed E-state index contributed by atoms with van der Waals surface area (Å²) in [5.41, 5.74) is 0.554. The lowest BCUT2D eigenvalue weighted by molar-refractivity contribution is 0.0965. The minimum Gasteiger partial charge on any atom is -0.385 e. The van der Waals surface area contributed by atoms with Crippen LogP contribution in [0.1, 0.15) is 26.2 Å². The fourth-order valence-corrected chi connectivity index (χ4v) is 1.59. The molecule has 0 aromatic rings. The van der Waals surface area contributed by atoms with Gasteiger partial charge in [-0.15, -0.1) is 11.6 Å². The van der Waals surface area contributed by atoms with Gasteiger partial charge in [0.2, 0.25) is 0 Å². The van der Waals surface area contributed by atoms with Gasteiger partial charge in [0, 0.05) is 0 Å². The fraction of sp³-hybridized carbons (Fsp3) is 0.750. The molecule has 0 aromatic carbocycles. The van der Waals surface area contributed by atoms with Crippen molar-refractivity contribution in [3.8, 4) is 0 Å². The maximum Gasteiger partial charge on any atom is 0.0965 e. The smallest absolute Gasteiger partial charge is 0.0965 e. The molecule has 0 heterocycles. The molecule has 10 heavy (non-hydrogen) atoms. The number of allylic oxidation sites excluding steroid dienone is 1. The average Bonchev–Trinajstić information content (AvgIpc) is 1.88. The Labute approximate surface area is 66.7 Å². The highest BCUT2D eigenvalue weighted by molar-refractivity contribution is 6.18. The van der Waals surface area contributed by atoms with Gasteiger partial charge in [0.15, 0.2) is 0 Å². The van der Waals surface area contributed by atoms with Gasteiger partial charge in [0.1, 0.15) is 0 Å². The number of alkyl halides is 1. The van der Waals surface area contributed by atoms with Crippen molar-refractivity contribution in [3.05, 3.63) is 11.6 Å². The number of hydrogen-bond donors (Lipinski definition) is 1. The maximum atomic E-state index is 9.64. The van der Waals surface area contributed by atoms with Gasteiger partial charge in [-0.25, -0.2) is 0 Å². The van der Waals surface area contributed by atoms with E-state index in [9.17, 15) is 5.11 Å². The number of halogens is 1. The van der Waals surface area contributed by atoms with Crippen molar-refractivity contribution in [1.29, 1.82) is 0 Å². The van der Waals surface area contributed by atoms with E-state index >= 15 is 0 Å². The molecule has 0 aromatic heterocycles. The molecule has 0 radical (unpaired) electrons. The molecule has 58 valence electrons. The number of rotatable bonds is 1. The van der Waals surface area contributed by atoms with Crippen LogP contribution < -0.4 is 0 Å². The van der Waals surface area contributed by atoms with Gasteiger partial charge in [-0.3, -0.25) is 0 Å². The highest BCUT2D eigenvalue weighted by atomic mass is 35.5. The van der Waals surface area contributed by atoms with Crippen molar-refractivity contribution in [2.45, 2.75) is 31.8 Å². The first-order valence-corrected chi connectivity index (χ1v) is 4.16. The van der Waals surface area contributed by atoms with Crippen molar-refractivity contribution >= 4 is 11.6 Å². The molecule has 1 aliphatic rings. The Morgan fingerprint density at radius 2 is 2.50 bits per heavy atom. The van der Waals surface area contributed by atoms with Crippen LogP contribution in [-0.2, 0) is 0 Å². The second kappa shape index (κ2) is 2.93. The quantitative estimate of drug-likeness (QED) is 0.460. The van der Waals surface area contributed by atoms with Crippen LogP contribution in [0.3, 0.4) is 0 Å². The second-order valence-corrected chi connectivity index (χ2v) is 3.35. The van der Waals surface area contributed by atoms with Crippen LogP contribution >= 0.6 is 11.6 Å². The van der Waals surface area contributed by atoms with Crippen LogP contribution in [0.5, 0.6) is 0 Å². The van der Waals surface area contributed by atoms with E-state index in [1.165, 1.54) is 5.57 Å². The Bertz CT molecular complexity index is 153. The van der Waals surface area contributed by atoms with Gasteiger partial charge in [0.05, 0.1) is 11.5 Å². The van der Waals surface area contributed by atoms with Gasteiger partial charge in [0.25, 0.3) is 0 Å². The van der Waals surface area contributed by atoms with Crippen LogP contribution in [-0.4, -0.2) is 16.6 Å². The minimum atomic E-state index is -0.704. The van der Waals surface area contributed by atoms with Crippen LogP contribution in [0.4, 0.5) is 0 Å². The van der Waals surface area contributed by atoms with E-state index in [1.54, 1.807) is 0 Å². The standard InChI is InChI=1S/C8H13ClO/c1-7-3-2-4-8(10,5-7)6-9/h5,10H,2-4,6H2,1H3/t8-/m1/s1. The lowest BCUT2D eigenvalue weighted by Gasteiger charge is -2.26. The molecule has 1 N–H and O–H groups in total. The summed E-state index contributed by atoms with van der Waals surface area (Å²) in [5, 5.41) is 9.64. The molecule has 0 aliphatic heterocycles. The van der Waals surface area contributed by atoms with E-state index in [0.29, 0.717) is 5.88 Å². The van der Waals surface area contributed by atoms with Gasteiger partial charge in [-0.2, -0.15) is 0 Å². The van der Waals surface area contributed by atoms with E-state index in [1.807, 2.05) is 13.0 Å². The molecule has 1 aliphatic carbocycles. The second-order valence-electron chi connectivity index (χ2n) is 3.08. The molecule has 1 nitrogen and oxygen atoms in total. The SMILES string of the molecule is CC1=C[C@@](O)(CCl)CCC1. The molecule has 0 unspecified atom stereocenters. The van der Waals surface area contributed by atoms with E-state index < -0.39 is 5.60 Å². The highest BCUT2D eigenvalue weighted by Crippen LogP contribution is 2.26. The normalized spacial score (nSPS) is 33.7. The van der Waals surface area contributed by atoms with Crippen molar-refractivity contribution in [2.24, 2.45) is 0 Å². The Hall–Kier alpha value is -0.0100. The lowest BCUT2D eigenvalue weighted by atomic mass is 9.89. The summed E-state index contributed by atoms with van der Waals surface area (Å²) in [6.45, 7) is 2.04. The molecule has 0 bridgehead atoms. The number of hydrogen-bond acceptors (Lipinski definition) is 1. The molecule has 1 rings (SSSR count). The first kappa shape index (κ1) is 8.09. The van der Waals surface area contributed by atoms with E-state index in [4.69, 9.17) is 11.6 Å². The van der Waals surface area contributed by atoms with E-state index in [0.717, 1.165) is 19.3 Å². The van der Waals surface area contributed by atoms with Crippen LogP contribution in [0.15, 0.2) is 11.6 Å². The first-order valence-electron chi connectivity index (χ1n) is 3.63. The minimum absolute atomic E-state index is 0.324. The lowest BCUT2D eigenvalue weighted by Crippen LogP contribution is -2.30. The summed E-state index contributed by atoms with van der Waals surface area (Å²) in [7, 11) is 0. The Morgan fingerprint density at radius 1 is 1.80 bits per heavy atom. The summed E-state index contributed by atoms with van der Waals surface area (Å²) in [6, 6.07) is 0. The van der Waals surface area contributed by atoms with E-state index in [-0.39, 0.29) is 0 Å². The van der Waals surface area contributed by atoms with Crippen molar-refractivity contribution in [2.75, 3.05) is 5.88 Å². The van der Waals surface area contributed by atoms with Gasteiger partial charge >= 0.3 is 0 Å². The molecule has 2 heteroatoms. The fourth-order valence-electron chi connectivity index (χ4n) is 1.38. The average molecular weight is 161 g/mol. The Morgan fingerprint density at radius 3 is 2.90 bits per heavy atom. The van der Waals surface area contributed by atoms with E-state index in [2.05, 4.69) is 0 Å². The Balaban J connectivity index is 2.69. The predicted molar refractivity (Wildman–Crippen MR) is 43.3 cm³/mol. The molecule has 1 atom stereocenters. The van der Waals surface area contributed by atoms with Crippen molar-refractivity contribution in [1.82, 2.24) is 0 Å². The molecule has 0 saturated heterocycles. The summed E-state index contributed by atoms with van der Waals surface area (Å²) in [5.74, 6) is 0.324. The largest absolute Gasteiger partial charge is 0.385 e. The zero-order chi connectivity index (χ0) is 7.61. The van der Waals surface area contributed by atoms with Crippen LogP contribution in [0.2, 0.25) is 0 Å². The summed E-state index contributed by atoms with van der Waals surface area (Å²) in [6.07, 6.45) is 4.88. The van der Waals surface area contributed by atoms with Crippen LogP contribution in [0.25, 0.3) is 0 Å². The predicted octanol–water partition coefficient (Wildman–Crippen LogP) is 2.09. The zero-order valence-electron chi connectivity index (χ0n) is 6.23. The third-order valence-electron chi connectivity index (χ3n) is 1.93. The summed E-state index contributed by atoms with van der Waals surface area (Å²) >= 11 is 5.59. The van der Waals surface area contributed by atoms with Gasteiger partial charge in [-0.05, 0) is 26.2 Å². The van der Waals surface area contributed by atoms with Crippen LogP contribution in [0, 0.1) is 0 Å². The van der Waals surface area contributed by atoms with Crippen molar-refractivity contribution in [3.63, 3.8) is 0 Å². The first-order chi connectivity index (χ1) is 4.66. The third kappa shape index (κ3) is 1.74. The molecule has 0 fully saturated rings. The monoisotopic (exact) mass is 160 g/mol. The zero-order valence-corrected chi connectivity index (χ0v) is 6.99. The molecule has 0 amide bonds. The maximum absolute atomic E-state index is 9.64. The highest BCUT2D eigenvalue weighted by Gasteiger charge is 2.25. The Kier molecular flexibility index (Phi) is 2.37. The summed E-state index contributed by atoms with van der Waals surface area (Å²) in [4.78, 5) is 0. The molecule has 0 saturated carbocycles. The summed E-state index contributed by atoms with van der Waals surface area (Å²) < 4.78 is 0. The van der Waals surface area contributed by atoms with Gasteiger partial charge in [-0.1, -0.05) is 11.6 Å². The van der Waals surface area contributed by atoms with Gasteiger partial charge < -0.3 is 5.11 Å². The topological polar surface area (TPSA) is 20.2 Å². The molecular weight excluding hydrogens is 148 g/mol. The molecule has 0 spiro atoms. The third-order valence-corrected chi connectivity index (χ3v) is 2.39.